The summed E-state index contributed by atoms with van der Waals surface area (Å²) in [6.07, 6.45) is 6.93. The van der Waals surface area contributed by atoms with Gasteiger partial charge in [0.1, 0.15) is 0 Å². The van der Waals surface area contributed by atoms with E-state index in [9.17, 15) is 0 Å². The summed E-state index contributed by atoms with van der Waals surface area (Å²) >= 11 is 2.00. The van der Waals surface area contributed by atoms with Gasteiger partial charge in [0.15, 0.2) is 0 Å². The number of para-hydroxylation sites is 2. The largest absolute Gasteiger partial charge is 0.309 e. The molecule has 3 heteroatoms. The fraction of sp³-hybridized carbons (Fsp3) is 0.0370. The van der Waals surface area contributed by atoms with E-state index in [0.29, 0.717) is 11.2 Å². The first-order valence-electron chi connectivity index (χ1n) is 19.7. The van der Waals surface area contributed by atoms with Crippen LogP contribution in [-0.4, -0.2) is 14.4 Å². The highest BCUT2D eigenvalue weighted by atomic mass is 32.2. The molecule has 57 heavy (non-hydrogen) atoms. The Morgan fingerprint density at radius 2 is 0.877 bits per heavy atom. The lowest BCUT2D eigenvalue weighted by Gasteiger charge is -2.23. The van der Waals surface area contributed by atoms with E-state index >= 15 is 0 Å². The van der Waals surface area contributed by atoms with Gasteiger partial charge in [0.25, 0.3) is 0 Å². The second kappa shape index (κ2) is 12.9. The summed E-state index contributed by atoms with van der Waals surface area (Å²) < 4.78 is 4.83. The van der Waals surface area contributed by atoms with Crippen LogP contribution in [0, 0.1) is 0 Å². The van der Waals surface area contributed by atoms with Crippen molar-refractivity contribution in [2.75, 3.05) is 0 Å². The molecular weight excluding hydrogens is 709 g/mol. The third-order valence-corrected chi connectivity index (χ3v) is 13.6. The lowest BCUT2D eigenvalue weighted by Crippen LogP contribution is -2.13. The van der Waals surface area contributed by atoms with E-state index in [-0.39, 0.29) is 0 Å². The maximum Gasteiger partial charge on any atom is 0.0541 e. The molecule has 8 aromatic carbocycles. The Morgan fingerprint density at radius 3 is 1.51 bits per heavy atom. The smallest absolute Gasteiger partial charge is 0.0541 e. The molecule has 0 spiro atoms. The Hall–Kier alpha value is -6.81. The zero-order valence-electron chi connectivity index (χ0n) is 31.1. The molecule has 0 bridgehead atoms. The standard InChI is InChI=1S/C54H36N2S/c1-2-11-35(12-3-1)36-21-27-40(28-22-36)55-49-18-7-4-13-43(49)47-33-38(25-31-51(47)55)39-26-32-52-48(34-39)44-14-5-8-19-50(44)56(52)41-29-23-37(24-30-41)42-16-10-17-46-45-15-6-9-20-53(45)57-54(42)46/h1-34,46,54H. The van der Waals surface area contributed by atoms with Gasteiger partial charge in [-0.05, 0) is 106 Å². The first-order chi connectivity index (χ1) is 28.3. The van der Waals surface area contributed by atoms with Crippen LogP contribution in [0.1, 0.15) is 17.0 Å². The van der Waals surface area contributed by atoms with Crippen LogP contribution >= 0.6 is 11.8 Å². The molecule has 0 saturated heterocycles. The quantitative estimate of drug-likeness (QED) is 0.171. The lowest BCUT2D eigenvalue weighted by atomic mass is 9.85. The van der Waals surface area contributed by atoms with Crippen LogP contribution in [0.3, 0.4) is 0 Å². The molecule has 2 aromatic heterocycles. The number of hydrogen-bond donors (Lipinski definition) is 0. The SMILES string of the molecule is C1=CC2c3ccccc3SC2C(c2ccc(-n3c4ccccc4c4cc(-c5ccc6c(c5)c5ccccc5n6-c5ccc(-c6ccccc6)cc5)ccc43)cc2)=C1. The first-order valence-corrected chi connectivity index (χ1v) is 20.6. The minimum Gasteiger partial charge on any atom is -0.309 e. The molecular formula is C54H36N2S. The highest BCUT2D eigenvalue weighted by Gasteiger charge is 2.35. The lowest BCUT2D eigenvalue weighted by molar-refractivity contribution is 0.893. The van der Waals surface area contributed by atoms with Crippen molar-refractivity contribution in [3.8, 4) is 33.6 Å². The molecule has 268 valence electrons. The predicted molar refractivity (Wildman–Crippen MR) is 242 cm³/mol. The third kappa shape index (κ3) is 5.13. The molecule has 0 N–H and O–H groups in total. The molecule has 1 aliphatic heterocycles. The van der Waals surface area contributed by atoms with E-state index < -0.39 is 0 Å². The van der Waals surface area contributed by atoms with Gasteiger partial charge in [-0.3, -0.25) is 0 Å². The Kier molecular flexibility index (Phi) is 7.33. The van der Waals surface area contributed by atoms with Gasteiger partial charge in [-0.25, -0.2) is 0 Å². The van der Waals surface area contributed by atoms with Crippen molar-refractivity contribution >= 4 is 60.9 Å². The van der Waals surface area contributed by atoms with Crippen LogP contribution in [0.15, 0.2) is 211 Å². The van der Waals surface area contributed by atoms with E-state index in [2.05, 4.69) is 215 Å². The molecule has 12 rings (SSSR count). The molecule has 0 fully saturated rings. The fourth-order valence-electron chi connectivity index (χ4n) is 9.43. The van der Waals surface area contributed by atoms with Gasteiger partial charge in [-0.1, -0.05) is 140 Å². The highest BCUT2D eigenvalue weighted by Crippen LogP contribution is 2.52. The third-order valence-electron chi connectivity index (χ3n) is 12.1. The van der Waals surface area contributed by atoms with Crippen LogP contribution in [0.2, 0.25) is 0 Å². The van der Waals surface area contributed by atoms with Crippen LogP contribution in [0.5, 0.6) is 0 Å². The second-order valence-electron chi connectivity index (χ2n) is 15.2. The number of nitrogens with zero attached hydrogens (tertiary/aromatic N) is 2. The molecule has 2 atom stereocenters. The maximum absolute atomic E-state index is 2.43. The molecule has 10 aromatic rings. The number of benzene rings is 8. The van der Waals surface area contributed by atoms with E-state index in [4.69, 9.17) is 0 Å². The van der Waals surface area contributed by atoms with Crippen molar-refractivity contribution < 1.29 is 0 Å². The minimum absolute atomic E-state index is 0.409. The summed E-state index contributed by atoms with van der Waals surface area (Å²) in [4.78, 5) is 1.41. The normalized spacial score (nSPS) is 16.0. The molecule has 0 radical (unpaired) electrons. The topological polar surface area (TPSA) is 9.86 Å². The van der Waals surface area contributed by atoms with E-state index in [0.717, 1.165) is 5.69 Å². The van der Waals surface area contributed by atoms with Gasteiger partial charge in [0, 0.05) is 49.0 Å². The Balaban J connectivity index is 0.920. The van der Waals surface area contributed by atoms with Crippen LogP contribution in [0.25, 0.3) is 82.8 Å². The summed E-state index contributed by atoms with van der Waals surface area (Å²) in [7, 11) is 0. The number of hydrogen-bond acceptors (Lipinski definition) is 1. The van der Waals surface area contributed by atoms with Gasteiger partial charge in [-0.2, -0.15) is 0 Å². The van der Waals surface area contributed by atoms with E-state index in [1.54, 1.807) is 0 Å². The van der Waals surface area contributed by atoms with Crippen molar-refractivity contribution in [2.45, 2.75) is 16.1 Å². The number of rotatable bonds is 5. The van der Waals surface area contributed by atoms with Crippen LogP contribution in [0.4, 0.5) is 0 Å². The Bertz CT molecular complexity index is 3250. The van der Waals surface area contributed by atoms with Crippen molar-refractivity contribution in [2.24, 2.45) is 0 Å². The molecule has 0 amide bonds. The summed E-state index contributed by atoms with van der Waals surface area (Å²) in [6, 6.07) is 69.2. The Morgan fingerprint density at radius 1 is 0.386 bits per heavy atom. The van der Waals surface area contributed by atoms with Crippen LogP contribution in [-0.2, 0) is 0 Å². The van der Waals surface area contributed by atoms with E-state index in [1.165, 1.54) is 93.1 Å². The van der Waals surface area contributed by atoms with Crippen LogP contribution < -0.4 is 0 Å². The summed E-state index contributed by atoms with van der Waals surface area (Å²) in [5.41, 5.74) is 16.2. The number of aromatic nitrogens is 2. The fourth-order valence-corrected chi connectivity index (χ4v) is 10.9. The number of thioether (sulfide) groups is 1. The molecule has 3 heterocycles. The maximum atomic E-state index is 2.43. The monoisotopic (exact) mass is 744 g/mol. The minimum atomic E-state index is 0.409. The average molecular weight is 745 g/mol. The average Bonchev–Trinajstić information content (AvgIpc) is 3.94. The first kappa shape index (κ1) is 32.4. The number of fused-ring (bicyclic) bond motifs is 9. The van der Waals surface area contributed by atoms with Crippen molar-refractivity contribution in [3.05, 3.63) is 217 Å². The molecule has 2 nitrogen and oxygen atoms in total. The second-order valence-corrected chi connectivity index (χ2v) is 16.4. The van der Waals surface area contributed by atoms with Gasteiger partial charge in [0.2, 0.25) is 0 Å². The molecule has 1 aliphatic carbocycles. The molecule has 2 aliphatic rings. The van der Waals surface area contributed by atoms with Crippen molar-refractivity contribution in [1.82, 2.24) is 9.13 Å². The Labute approximate surface area is 335 Å². The zero-order chi connectivity index (χ0) is 37.5. The van der Waals surface area contributed by atoms with Crippen molar-refractivity contribution in [1.29, 1.82) is 0 Å². The molecule has 2 unspecified atom stereocenters. The highest BCUT2D eigenvalue weighted by molar-refractivity contribution is 8.00. The van der Waals surface area contributed by atoms with Gasteiger partial charge >= 0.3 is 0 Å². The molecule has 0 saturated carbocycles. The number of allylic oxidation sites excluding steroid dienone is 3. The van der Waals surface area contributed by atoms with Gasteiger partial charge in [0.05, 0.1) is 22.1 Å². The van der Waals surface area contributed by atoms with E-state index in [1.807, 2.05) is 11.8 Å². The predicted octanol–water partition coefficient (Wildman–Crippen LogP) is 14.4. The van der Waals surface area contributed by atoms with Crippen molar-refractivity contribution in [3.63, 3.8) is 0 Å². The summed E-state index contributed by atoms with van der Waals surface area (Å²) in [5, 5.41) is 5.45. The zero-order valence-corrected chi connectivity index (χ0v) is 31.9. The summed E-state index contributed by atoms with van der Waals surface area (Å²) in [5.74, 6) is 0.425. The van der Waals surface area contributed by atoms with Gasteiger partial charge in [-0.15, -0.1) is 11.8 Å². The van der Waals surface area contributed by atoms with Gasteiger partial charge < -0.3 is 9.13 Å². The summed E-state index contributed by atoms with van der Waals surface area (Å²) in [6.45, 7) is 0.